The van der Waals surface area contributed by atoms with E-state index in [1.807, 2.05) is 0 Å². The fourth-order valence-electron chi connectivity index (χ4n) is 3.46. The summed E-state index contributed by atoms with van der Waals surface area (Å²) in [6.07, 6.45) is 13.0. The zero-order chi connectivity index (χ0) is 38.9. The van der Waals surface area contributed by atoms with Crippen LogP contribution in [0.3, 0.4) is 0 Å². The summed E-state index contributed by atoms with van der Waals surface area (Å²) >= 11 is 30.1. The van der Waals surface area contributed by atoms with Gasteiger partial charge in [0, 0.05) is 50.8 Å². The number of halogens is 5. The van der Waals surface area contributed by atoms with Gasteiger partial charge in [0.1, 0.15) is 0 Å². The number of nitrogens with zero attached hydrogens (tertiary/aromatic N) is 1. The molecule has 2 nitrogen and oxygen atoms in total. The zero-order valence-electron chi connectivity index (χ0n) is 32.1. The first-order valence-electron chi connectivity index (χ1n) is 15.8. The minimum Gasteiger partial charge on any atom is -0.308 e. The van der Waals surface area contributed by atoms with Crippen molar-refractivity contribution < 1.29 is 14.3 Å². The summed E-state index contributed by atoms with van der Waals surface area (Å²) in [5.41, 5.74) is 11.1. The zero-order valence-corrected chi connectivity index (χ0v) is 42.2. The summed E-state index contributed by atoms with van der Waals surface area (Å²) in [5.74, 6) is 19.6. The van der Waals surface area contributed by atoms with Gasteiger partial charge in [-0.3, -0.25) is 4.67 Å². The summed E-state index contributed by atoms with van der Waals surface area (Å²) in [5, 5.41) is 3.46. The van der Waals surface area contributed by atoms with Gasteiger partial charge in [0.2, 0.25) is 0 Å². The van der Waals surface area contributed by atoms with E-state index in [1.165, 1.54) is 22.3 Å². The summed E-state index contributed by atoms with van der Waals surface area (Å²) < 4.78 is 2.36. The Balaban J connectivity index is -0.0000000471. The molecule has 0 aromatic heterocycles. The maximum absolute atomic E-state index is 6.78. The van der Waals surface area contributed by atoms with Crippen LogP contribution in [0.1, 0.15) is 85.5 Å². The highest BCUT2D eigenvalue weighted by Crippen LogP contribution is 2.54. The second-order valence-corrected chi connectivity index (χ2v) is 24.9. The van der Waals surface area contributed by atoms with Crippen molar-refractivity contribution in [2.75, 3.05) is 24.6 Å². The van der Waals surface area contributed by atoms with Crippen molar-refractivity contribution in [1.29, 1.82) is 0 Å². The van der Waals surface area contributed by atoms with Gasteiger partial charge in [-0.2, -0.15) is 19.8 Å². The number of benzene rings is 2. The average Bonchev–Trinajstić information content (AvgIpc) is 3.06. The van der Waals surface area contributed by atoms with Crippen LogP contribution in [0.5, 0.6) is 0 Å². The average molecular weight is 961 g/mol. The molecule has 0 saturated carbocycles. The molecule has 13 heteroatoms. The molecule has 0 radical (unpaired) electrons. The van der Waals surface area contributed by atoms with Gasteiger partial charge in [-0.25, -0.2) is 0 Å². The molecule has 0 heterocycles. The highest BCUT2D eigenvalue weighted by Gasteiger charge is 2.28. The summed E-state index contributed by atoms with van der Waals surface area (Å²) in [6.45, 7) is 18.2. The third-order valence-electron chi connectivity index (χ3n) is 6.13. The van der Waals surface area contributed by atoms with E-state index < -0.39 is 28.6 Å². The van der Waals surface area contributed by atoms with E-state index in [0.717, 1.165) is 31.6 Å². The molecule has 0 aliphatic carbocycles. The van der Waals surface area contributed by atoms with Crippen LogP contribution in [0.25, 0.3) is 0 Å². The number of rotatable bonds is 11. The number of hydrogen-bond donors (Lipinski definition) is 1. The maximum atomic E-state index is 6.78. The van der Waals surface area contributed by atoms with E-state index in [1.54, 1.807) is 0 Å². The third-order valence-corrected chi connectivity index (χ3v) is 14.8. The van der Waals surface area contributed by atoms with E-state index >= 15 is 0 Å². The van der Waals surface area contributed by atoms with E-state index in [9.17, 15) is 0 Å². The lowest BCUT2D eigenvalue weighted by molar-refractivity contribution is 0.259. The molecule has 0 amide bonds. The van der Waals surface area contributed by atoms with Crippen LogP contribution in [0.4, 0.5) is 0 Å². The van der Waals surface area contributed by atoms with Crippen molar-refractivity contribution in [3.63, 3.8) is 0 Å². The molecule has 1 N–H and O–H groups in total. The van der Waals surface area contributed by atoms with Gasteiger partial charge in [0.05, 0.1) is 28.6 Å². The molecule has 0 saturated heterocycles. The van der Waals surface area contributed by atoms with E-state index in [2.05, 4.69) is 173 Å². The quantitative estimate of drug-likeness (QED) is 0.178. The minimum atomic E-state index is -0.915. The van der Waals surface area contributed by atoms with E-state index in [-0.39, 0.29) is 52.6 Å². The standard InChI is InChI=1S/C20H23Cl2NP2.C12H19N.C8H5Cl3P2.CH4.2H3P.10H2/c1-6-7-8-9-14-24(21)15-16-25(22)23(20(3,4)5)17-19-12-10-18(2)11-13-19;1-10-5-7-11(8-6-10)9-13-12(2,3)4;1-2-3-4-5-6-12(9)7-8-13(10)11;;;;;;;;;;;;;/h1,10-13H,15-17H2,2-5H3;5-8,13H,9H2,1-4H3;1H,7-8H2;1H4;2*1H3;10*1H. The first-order chi connectivity index (χ1) is 23.9. The fourth-order valence-corrected chi connectivity index (χ4v) is 12.4. The summed E-state index contributed by atoms with van der Waals surface area (Å²) in [6, 6.07) is 17.3. The second-order valence-electron chi connectivity index (χ2n) is 12.8. The van der Waals surface area contributed by atoms with Gasteiger partial charge in [0.25, 0.3) is 0 Å². The molecule has 54 heavy (non-hydrogen) atoms. The van der Waals surface area contributed by atoms with Gasteiger partial charge in [-0.15, -0.1) is 12.8 Å². The minimum absolute atomic E-state index is 0. The van der Waals surface area contributed by atoms with Gasteiger partial charge < -0.3 is 5.32 Å². The van der Waals surface area contributed by atoms with Gasteiger partial charge in [-0.05, 0) is 138 Å². The molecule has 316 valence electrons. The van der Waals surface area contributed by atoms with Crippen LogP contribution < -0.4 is 5.32 Å². The van der Waals surface area contributed by atoms with Gasteiger partial charge in [-0.1, -0.05) is 123 Å². The van der Waals surface area contributed by atoms with Crippen molar-refractivity contribution in [1.82, 2.24) is 9.99 Å². The normalized spacial score (nSPS) is 11.4. The van der Waals surface area contributed by atoms with Gasteiger partial charge in [0.15, 0.2) is 0 Å². The van der Waals surface area contributed by atoms with Crippen LogP contribution in [0.2, 0.25) is 0 Å². The molecule has 2 rings (SSSR count). The lowest BCUT2D eigenvalue weighted by Gasteiger charge is -2.38. The molecule has 2 aromatic rings. The Labute approximate surface area is 380 Å². The van der Waals surface area contributed by atoms with Crippen molar-refractivity contribution in [2.24, 2.45) is 0 Å². The highest BCUT2D eigenvalue weighted by molar-refractivity contribution is 8.04. The summed E-state index contributed by atoms with van der Waals surface area (Å²) in [7, 11) is -2.57. The maximum Gasteiger partial charge on any atom is 0.0858 e. The number of hydrogen-bond acceptors (Lipinski definition) is 2. The lowest BCUT2D eigenvalue weighted by atomic mass is 10.1. The largest absolute Gasteiger partial charge is 0.308 e. The van der Waals surface area contributed by atoms with E-state index in [0.29, 0.717) is 6.16 Å². The molecular weight excluding hydrogens is 884 g/mol. The molecule has 2 aromatic carbocycles. The summed E-state index contributed by atoms with van der Waals surface area (Å²) in [4.78, 5) is 0. The Kier molecular flexibility index (Phi) is 38.9. The number of terminal acetylenes is 2. The van der Waals surface area contributed by atoms with Crippen LogP contribution >= 0.6 is 105 Å². The monoisotopic (exact) mass is 958 g/mol. The first-order valence-corrected chi connectivity index (χ1v) is 26.4. The van der Waals surface area contributed by atoms with Crippen LogP contribution in [0, 0.1) is 85.4 Å². The van der Waals surface area contributed by atoms with Gasteiger partial charge >= 0.3 is 0 Å². The molecular formula is C41H77Cl5N2P6. The topological polar surface area (TPSA) is 15.3 Å². The smallest absolute Gasteiger partial charge is 0.0858 e. The fraction of sp³-hybridized carbons (Fsp3) is 0.415. The Morgan fingerprint density at radius 3 is 1.41 bits per heavy atom. The molecule has 0 spiro atoms. The van der Waals surface area contributed by atoms with Crippen molar-refractivity contribution in [3.8, 4) is 71.5 Å². The SMILES string of the molecule is C.C#CC#CC#CP(Cl)CCP(Cl)Cl.C#CC#CC#CP(Cl)CCP(Cl)N(Cc1ccc(C)cc1)C(C)(C)C.Cc1ccc(CNC(C)(C)C)cc1.P.P.[HH].[HH].[HH].[HH].[HH].[HH].[HH].[HH].[HH].[HH]. The van der Waals surface area contributed by atoms with Crippen LogP contribution in [0.15, 0.2) is 48.5 Å². The van der Waals surface area contributed by atoms with Crippen LogP contribution in [-0.4, -0.2) is 40.4 Å². The highest BCUT2D eigenvalue weighted by atomic mass is 35.9. The molecule has 0 bridgehead atoms. The van der Waals surface area contributed by atoms with Crippen molar-refractivity contribution in [3.05, 3.63) is 70.8 Å². The van der Waals surface area contributed by atoms with Crippen molar-refractivity contribution in [2.45, 2.75) is 87.0 Å². The molecule has 0 fully saturated rings. The first kappa shape index (κ1) is 60.4. The molecule has 0 aliphatic heterocycles. The predicted octanol–water partition coefficient (Wildman–Crippen LogP) is 16.5. The second kappa shape index (κ2) is 34.8. The third kappa shape index (κ3) is 35.0. The number of aryl methyl sites for hydroxylation is 2. The Morgan fingerprint density at radius 2 is 1.04 bits per heavy atom. The van der Waals surface area contributed by atoms with Crippen LogP contribution in [-0.2, 0) is 13.1 Å². The molecule has 0 aliphatic rings. The Hall–Kier alpha value is -0.250. The van der Waals surface area contributed by atoms with Crippen molar-refractivity contribution >= 4 is 105 Å². The van der Waals surface area contributed by atoms with E-state index in [4.69, 9.17) is 69.1 Å². The molecule has 5 unspecified atom stereocenters. The Morgan fingerprint density at radius 1 is 0.630 bits per heavy atom. The molecule has 5 atom stereocenters. The lowest BCUT2D eigenvalue weighted by Crippen LogP contribution is -2.36. The number of nitrogens with one attached hydrogen (secondary N) is 1. The predicted molar refractivity (Wildman–Crippen MR) is 290 cm³/mol. The Bertz CT molecular complexity index is 1690.